The number of nitrogens with one attached hydrogen (secondary N) is 1. The lowest BCUT2D eigenvalue weighted by Gasteiger charge is -2.29. The molecule has 2 aromatic carbocycles. The highest BCUT2D eigenvalue weighted by Gasteiger charge is 2.35. The van der Waals surface area contributed by atoms with Crippen molar-refractivity contribution in [1.29, 1.82) is 5.26 Å². The molecule has 2 unspecified atom stereocenters. The molecule has 0 saturated carbocycles. The summed E-state index contributed by atoms with van der Waals surface area (Å²) in [5.74, 6) is -2.37. The summed E-state index contributed by atoms with van der Waals surface area (Å²) in [5, 5.41) is 12.6. The van der Waals surface area contributed by atoms with Crippen molar-refractivity contribution in [3.05, 3.63) is 88.1 Å². The van der Waals surface area contributed by atoms with E-state index in [1.54, 1.807) is 18.2 Å². The molecule has 0 spiro atoms. The second-order valence-electron chi connectivity index (χ2n) is 8.89. The van der Waals surface area contributed by atoms with Gasteiger partial charge in [0.15, 0.2) is 11.3 Å². The van der Waals surface area contributed by atoms with Crippen LogP contribution in [-0.4, -0.2) is 28.0 Å². The van der Waals surface area contributed by atoms with Crippen LogP contribution in [0.15, 0.2) is 54.9 Å². The van der Waals surface area contributed by atoms with Gasteiger partial charge in [-0.05, 0) is 61.2 Å². The van der Waals surface area contributed by atoms with Crippen LogP contribution >= 0.6 is 11.6 Å². The predicted molar refractivity (Wildman–Crippen MR) is 128 cm³/mol. The molecule has 6 nitrogen and oxygen atoms in total. The van der Waals surface area contributed by atoms with Crippen LogP contribution in [0.25, 0.3) is 0 Å². The fourth-order valence-electron chi connectivity index (χ4n) is 3.75. The molecular formula is C26H23ClF4N4O2. The highest BCUT2D eigenvalue weighted by atomic mass is 35.5. The zero-order chi connectivity index (χ0) is 27.4. The van der Waals surface area contributed by atoms with Crippen molar-refractivity contribution in [3.8, 4) is 11.9 Å². The largest absolute Gasteiger partial charge is 0.461 e. The van der Waals surface area contributed by atoms with Gasteiger partial charge in [0.1, 0.15) is 12.1 Å². The number of carbonyl (C=O) groups excluding carboxylic acids is 1. The number of aromatic nitrogens is 2. The maximum atomic E-state index is 14.3. The van der Waals surface area contributed by atoms with Crippen LogP contribution in [0.5, 0.6) is 5.88 Å². The summed E-state index contributed by atoms with van der Waals surface area (Å²) in [6.07, 6.45) is -4.00. The number of amides is 1. The van der Waals surface area contributed by atoms with Crippen LogP contribution in [0.3, 0.4) is 0 Å². The Morgan fingerprint density at radius 1 is 1.11 bits per heavy atom. The molecule has 0 saturated heterocycles. The maximum Gasteiger partial charge on any atom is 0.433 e. The van der Waals surface area contributed by atoms with Crippen LogP contribution < -0.4 is 10.1 Å². The Bertz CT molecular complexity index is 1310. The zero-order valence-electron chi connectivity index (χ0n) is 20.1. The molecule has 1 amide bonds. The summed E-state index contributed by atoms with van der Waals surface area (Å²) in [7, 11) is 0. The summed E-state index contributed by atoms with van der Waals surface area (Å²) in [6, 6.07) is 13.5. The minimum atomic E-state index is -4.70. The van der Waals surface area contributed by atoms with Crippen molar-refractivity contribution < 1.29 is 27.1 Å². The minimum Gasteiger partial charge on any atom is -0.461 e. The van der Waals surface area contributed by atoms with E-state index in [1.165, 1.54) is 19.9 Å². The van der Waals surface area contributed by atoms with Gasteiger partial charge in [0, 0.05) is 23.6 Å². The third-order valence-electron chi connectivity index (χ3n) is 5.80. The number of hydrogen-bond donors (Lipinski definition) is 1. The Hall–Kier alpha value is -3.71. The first-order valence-corrected chi connectivity index (χ1v) is 11.5. The number of rotatable bonds is 8. The standard InChI is InChI=1S/C26H23ClF4N4O2/c1-15(17-4-6-19(27)7-5-17)21(18-8-16(12-32)9-20(28)10-18)13-33-24(36)25(2,3)37-23-11-22(26(29,30)31)34-14-35-23/h4-11,14-15,21H,13H2,1-3H3,(H,33,36). The molecule has 194 valence electrons. The molecule has 1 aromatic heterocycles. The fourth-order valence-corrected chi connectivity index (χ4v) is 3.87. The first-order chi connectivity index (χ1) is 17.3. The van der Waals surface area contributed by atoms with Crippen LogP contribution in [0.1, 0.15) is 55.0 Å². The summed E-state index contributed by atoms with van der Waals surface area (Å²) in [5.41, 5.74) is -1.33. The SMILES string of the molecule is CC(c1ccc(Cl)cc1)C(CNC(=O)C(C)(C)Oc1cc(C(F)(F)F)ncn1)c1cc(F)cc(C#N)c1. The van der Waals surface area contributed by atoms with Crippen LogP contribution in [0.4, 0.5) is 17.6 Å². The molecule has 0 fully saturated rings. The highest BCUT2D eigenvalue weighted by Crippen LogP contribution is 2.34. The fraction of sp³-hybridized carbons (Fsp3) is 0.308. The first-order valence-electron chi connectivity index (χ1n) is 11.1. The summed E-state index contributed by atoms with van der Waals surface area (Å²) < 4.78 is 58.7. The molecule has 0 aliphatic heterocycles. The van der Waals surface area contributed by atoms with Crippen molar-refractivity contribution in [2.75, 3.05) is 6.54 Å². The minimum absolute atomic E-state index is 0.0152. The van der Waals surface area contributed by atoms with E-state index in [2.05, 4.69) is 15.3 Å². The van der Waals surface area contributed by atoms with E-state index in [-0.39, 0.29) is 18.0 Å². The topological polar surface area (TPSA) is 87.9 Å². The number of nitrogens with zero attached hydrogens (tertiary/aromatic N) is 3. The number of halogens is 5. The van der Waals surface area contributed by atoms with Crippen LogP contribution in [-0.2, 0) is 11.0 Å². The lowest BCUT2D eigenvalue weighted by atomic mass is 9.82. The third-order valence-corrected chi connectivity index (χ3v) is 6.05. The smallest absolute Gasteiger partial charge is 0.433 e. The van der Waals surface area contributed by atoms with E-state index in [4.69, 9.17) is 16.3 Å². The van der Waals surface area contributed by atoms with Gasteiger partial charge in [-0.2, -0.15) is 18.4 Å². The van der Waals surface area contributed by atoms with Gasteiger partial charge in [-0.3, -0.25) is 4.79 Å². The second kappa shape index (κ2) is 11.1. The Balaban J connectivity index is 1.84. The summed E-state index contributed by atoms with van der Waals surface area (Å²) in [4.78, 5) is 19.9. The van der Waals surface area contributed by atoms with Gasteiger partial charge in [-0.1, -0.05) is 30.7 Å². The molecule has 1 N–H and O–H groups in total. The van der Waals surface area contributed by atoms with Crippen LogP contribution in [0.2, 0.25) is 5.02 Å². The highest BCUT2D eigenvalue weighted by molar-refractivity contribution is 6.30. The normalized spacial score (nSPS) is 13.4. The Labute approximate surface area is 216 Å². The Morgan fingerprint density at radius 2 is 1.78 bits per heavy atom. The molecule has 2 atom stereocenters. The van der Waals surface area contributed by atoms with E-state index < -0.39 is 41.0 Å². The van der Waals surface area contributed by atoms with E-state index in [9.17, 15) is 27.6 Å². The molecule has 0 radical (unpaired) electrons. The molecule has 0 bridgehead atoms. The first kappa shape index (κ1) is 27.9. The third kappa shape index (κ3) is 7.17. The van der Waals surface area contributed by atoms with Gasteiger partial charge >= 0.3 is 6.18 Å². The maximum absolute atomic E-state index is 14.3. The number of nitriles is 1. The van der Waals surface area contributed by atoms with E-state index in [0.717, 1.165) is 11.6 Å². The van der Waals surface area contributed by atoms with Crippen molar-refractivity contribution in [3.63, 3.8) is 0 Å². The van der Waals surface area contributed by atoms with Gasteiger partial charge in [0.25, 0.3) is 5.91 Å². The lowest BCUT2D eigenvalue weighted by Crippen LogP contribution is -2.48. The Kier molecular flexibility index (Phi) is 8.39. The average Bonchev–Trinajstić information content (AvgIpc) is 2.83. The zero-order valence-corrected chi connectivity index (χ0v) is 20.9. The van der Waals surface area contributed by atoms with E-state index >= 15 is 0 Å². The number of hydrogen-bond acceptors (Lipinski definition) is 5. The van der Waals surface area contributed by atoms with Crippen LogP contribution in [0, 0.1) is 17.1 Å². The van der Waals surface area contributed by atoms with Crippen molar-refractivity contribution >= 4 is 17.5 Å². The lowest BCUT2D eigenvalue weighted by molar-refractivity contribution is -0.141. The second-order valence-corrected chi connectivity index (χ2v) is 9.33. The Morgan fingerprint density at radius 3 is 2.41 bits per heavy atom. The van der Waals surface area contributed by atoms with Gasteiger partial charge in [0.05, 0.1) is 11.6 Å². The van der Waals surface area contributed by atoms with E-state index in [0.29, 0.717) is 23.0 Å². The van der Waals surface area contributed by atoms with Gasteiger partial charge in [0.2, 0.25) is 5.88 Å². The van der Waals surface area contributed by atoms with Crippen molar-refractivity contribution in [2.45, 2.75) is 44.4 Å². The quantitative estimate of drug-likeness (QED) is 0.357. The predicted octanol–water partition coefficient (Wildman–Crippen LogP) is 6.02. The molecule has 3 aromatic rings. The average molecular weight is 535 g/mol. The van der Waals surface area contributed by atoms with Gasteiger partial charge in [-0.15, -0.1) is 0 Å². The van der Waals surface area contributed by atoms with Crippen molar-refractivity contribution in [2.24, 2.45) is 0 Å². The summed E-state index contributed by atoms with van der Waals surface area (Å²) in [6.45, 7) is 4.66. The van der Waals surface area contributed by atoms with Gasteiger partial charge in [-0.25, -0.2) is 14.4 Å². The molecule has 1 heterocycles. The van der Waals surface area contributed by atoms with E-state index in [1.807, 2.05) is 25.1 Å². The molecule has 0 aliphatic rings. The number of alkyl halides is 3. The molecule has 3 rings (SSSR count). The number of carbonyl (C=O) groups is 1. The molecular weight excluding hydrogens is 512 g/mol. The molecule has 11 heteroatoms. The van der Waals surface area contributed by atoms with Gasteiger partial charge < -0.3 is 10.1 Å². The summed E-state index contributed by atoms with van der Waals surface area (Å²) >= 11 is 6.00. The number of ether oxygens (including phenoxy) is 1. The molecule has 0 aliphatic carbocycles. The molecule has 37 heavy (non-hydrogen) atoms. The van der Waals surface area contributed by atoms with Crippen molar-refractivity contribution in [1.82, 2.24) is 15.3 Å². The number of benzene rings is 2. The monoisotopic (exact) mass is 534 g/mol.